The monoisotopic (exact) mass is 262 g/mol. The Labute approximate surface area is 105 Å². The molecule has 6 nitrogen and oxygen atoms in total. The number of ether oxygens (including phenoxy) is 1. The third kappa shape index (κ3) is 4.38. The maximum atomic E-state index is 13.1. The molecule has 2 amide bonds. The number of alkyl halides is 1. The van der Waals surface area contributed by atoms with Crippen LogP contribution in [0.25, 0.3) is 0 Å². The van der Waals surface area contributed by atoms with E-state index in [1.54, 1.807) is 20.8 Å². The van der Waals surface area contributed by atoms with Gasteiger partial charge in [0.05, 0.1) is 6.54 Å². The number of amides is 2. The summed E-state index contributed by atoms with van der Waals surface area (Å²) in [5, 5.41) is 11.4. The van der Waals surface area contributed by atoms with Gasteiger partial charge < -0.3 is 15.2 Å². The lowest BCUT2D eigenvalue weighted by Crippen LogP contribution is -2.55. The Morgan fingerprint density at radius 2 is 2.00 bits per heavy atom. The number of hydrogen-bond donors (Lipinski definition) is 2. The Kier molecular flexibility index (Phi) is 4.37. The molecule has 0 aromatic carbocycles. The molecule has 0 bridgehead atoms. The molecule has 0 aromatic rings. The summed E-state index contributed by atoms with van der Waals surface area (Å²) >= 11 is 0. The second kappa shape index (κ2) is 5.41. The summed E-state index contributed by atoms with van der Waals surface area (Å²) in [7, 11) is 0. The van der Waals surface area contributed by atoms with E-state index in [4.69, 9.17) is 9.84 Å². The lowest BCUT2D eigenvalue weighted by Gasteiger charge is -2.35. The van der Waals surface area contributed by atoms with Crippen molar-refractivity contribution in [3.63, 3.8) is 0 Å². The Morgan fingerprint density at radius 3 is 2.50 bits per heavy atom. The van der Waals surface area contributed by atoms with Crippen LogP contribution in [-0.4, -0.2) is 46.7 Å². The predicted molar refractivity (Wildman–Crippen MR) is 62.0 cm³/mol. The average Bonchev–Trinajstić information content (AvgIpc) is 2.17. The van der Waals surface area contributed by atoms with Gasteiger partial charge >= 0.3 is 12.2 Å². The maximum Gasteiger partial charge on any atom is 0.409 e. The molecule has 1 fully saturated rings. The van der Waals surface area contributed by atoms with Crippen molar-refractivity contribution in [2.45, 2.75) is 51.6 Å². The number of nitrogens with one attached hydrogen (secondary N) is 1. The van der Waals surface area contributed by atoms with Crippen molar-refractivity contribution >= 4 is 12.2 Å². The minimum absolute atomic E-state index is 0.226. The van der Waals surface area contributed by atoms with Gasteiger partial charge in [-0.3, -0.25) is 4.90 Å². The first-order chi connectivity index (χ1) is 8.19. The van der Waals surface area contributed by atoms with E-state index in [-0.39, 0.29) is 19.4 Å². The van der Waals surface area contributed by atoms with Crippen molar-refractivity contribution in [2.24, 2.45) is 0 Å². The molecule has 0 radical (unpaired) electrons. The highest BCUT2D eigenvalue weighted by Gasteiger charge is 2.33. The fourth-order valence-corrected chi connectivity index (χ4v) is 1.73. The molecule has 2 unspecified atom stereocenters. The Bertz CT molecular complexity index is 329. The van der Waals surface area contributed by atoms with Gasteiger partial charge in [0.15, 0.2) is 0 Å². The van der Waals surface area contributed by atoms with Gasteiger partial charge in [-0.15, -0.1) is 0 Å². The molecule has 1 rings (SSSR count). The lowest BCUT2D eigenvalue weighted by atomic mass is 10.1. The van der Waals surface area contributed by atoms with Crippen LogP contribution >= 0.6 is 0 Å². The van der Waals surface area contributed by atoms with Crippen LogP contribution in [0.3, 0.4) is 0 Å². The highest BCUT2D eigenvalue weighted by molar-refractivity contribution is 5.70. The van der Waals surface area contributed by atoms with Gasteiger partial charge in [0.1, 0.15) is 17.9 Å². The summed E-state index contributed by atoms with van der Waals surface area (Å²) in [6.07, 6.45) is -3.40. The quantitative estimate of drug-likeness (QED) is 0.757. The second-order valence-electron chi connectivity index (χ2n) is 5.27. The van der Waals surface area contributed by atoms with E-state index in [1.165, 1.54) is 0 Å². The molecule has 2 N–H and O–H groups in total. The molecular formula is C11H19FN2O4. The van der Waals surface area contributed by atoms with Crippen molar-refractivity contribution in [1.82, 2.24) is 10.2 Å². The zero-order valence-corrected chi connectivity index (χ0v) is 10.8. The van der Waals surface area contributed by atoms with Gasteiger partial charge in [0, 0.05) is 0 Å². The van der Waals surface area contributed by atoms with Gasteiger partial charge in [-0.25, -0.2) is 14.0 Å². The third-order valence-corrected chi connectivity index (χ3v) is 2.45. The molecule has 2 atom stereocenters. The number of rotatable bonds is 1. The van der Waals surface area contributed by atoms with Crippen LogP contribution in [0.4, 0.5) is 14.0 Å². The van der Waals surface area contributed by atoms with Gasteiger partial charge in [-0.05, 0) is 33.6 Å². The maximum absolute atomic E-state index is 13.1. The number of hydrogen-bond acceptors (Lipinski definition) is 3. The molecule has 18 heavy (non-hydrogen) atoms. The van der Waals surface area contributed by atoms with Crippen molar-refractivity contribution in [1.29, 1.82) is 0 Å². The van der Waals surface area contributed by atoms with Gasteiger partial charge in [-0.2, -0.15) is 0 Å². The third-order valence-electron chi connectivity index (χ3n) is 2.45. The molecule has 1 aliphatic heterocycles. The summed E-state index contributed by atoms with van der Waals surface area (Å²) < 4.78 is 18.2. The number of piperidine rings is 1. The highest BCUT2D eigenvalue weighted by Crippen LogP contribution is 2.18. The van der Waals surface area contributed by atoms with Crippen LogP contribution in [0.5, 0.6) is 0 Å². The predicted octanol–water partition coefficient (Wildman–Crippen LogP) is 1.95. The number of carbonyl (C=O) groups excluding carboxylic acids is 1. The standard InChI is InChI=1S/C11H19FN2O4/c1-11(2,3)18-9(15)13-8-5-4-7(12)6-14(8)10(16)17/h7-8H,4-6H2,1-3H3,(H,13,15)(H,16,17). The SMILES string of the molecule is CC(C)(C)OC(=O)NC1CCC(F)CN1C(=O)O. The molecule has 1 saturated heterocycles. The summed E-state index contributed by atoms with van der Waals surface area (Å²) in [5.41, 5.74) is -0.657. The van der Waals surface area contributed by atoms with Crippen molar-refractivity contribution in [2.75, 3.05) is 6.54 Å². The number of carbonyl (C=O) groups is 2. The van der Waals surface area contributed by atoms with Gasteiger partial charge in [-0.1, -0.05) is 0 Å². The fourth-order valence-electron chi connectivity index (χ4n) is 1.73. The van der Waals surface area contributed by atoms with E-state index in [0.717, 1.165) is 4.90 Å². The van der Waals surface area contributed by atoms with Crippen LogP contribution in [0.1, 0.15) is 33.6 Å². The zero-order chi connectivity index (χ0) is 13.9. The van der Waals surface area contributed by atoms with E-state index in [9.17, 15) is 14.0 Å². The number of nitrogens with zero attached hydrogens (tertiary/aromatic N) is 1. The van der Waals surface area contributed by atoms with Crippen molar-refractivity contribution in [3.8, 4) is 0 Å². The van der Waals surface area contributed by atoms with Crippen LogP contribution in [-0.2, 0) is 4.74 Å². The minimum Gasteiger partial charge on any atom is -0.465 e. The molecule has 1 aliphatic rings. The number of halogens is 1. The zero-order valence-electron chi connectivity index (χ0n) is 10.8. The van der Waals surface area contributed by atoms with Crippen LogP contribution in [0.2, 0.25) is 0 Å². The van der Waals surface area contributed by atoms with E-state index in [1.807, 2.05) is 0 Å². The first-order valence-corrected chi connectivity index (χ1v) is 5.82. The largest absolute Gasteiger partial charge is 0.465 e. The number of likely N-dealkylation sites (tertiary alicyclic amines) is 1. The van der Waals surface area contributed by atoms with Crippen molar-refractivity contribution < 1.29 is 23.8 Å². The van der Waals surface area contributed by atoms with E-state index >= 15 is 0 Å². The molecule has 104 valence electrons. The van der Waals surface area contributed by atoms with Gasteiger partial charge in [0.25, 0.3) is 0 Å². The Balaban J connectivity index is 2.59. The Morgan fingerprint density at radius 1 is 1.39 bits per heavy atom. The molecule has 0 aromatic heterocycles. The van der Waals surface area contributed by atoms with E-state index in [2.05, 4.69) is 5.32 Å². The minimum atomic E-state index is -1.25. The van der Waals surface area contributed by atoms with Crippen LogP contribution in [0.15, 0.2) is 0 Å². The molecule has 0 spiro atoms. The van der Waals surface area contributed by atoms with Crippen molar-refractivity contribution in [3.05, 3.63) is 0 Å². The number of alkyl carbamates (subject to hydrolysis) is 1. The highest BCUT2D eigenvalue weighted by atomic mass is 19.1. The molecule has 0 aliphatic carbocycles. The first-order valence-electron chi connectivity index (χ1n) is 5.82. The van der Waals surface area contributed by atoms with Crippen LogP contribution < -0.4 is 5.32 Å². The van der Waals surface area contributed by atoms with Gasteiger partial charge in [0.2, 0.25) is 0 Å². The Hall–Kier alpha value is -1.53. The first kappa shape index (κ1) is 14.5. The summed E-state index contributed by atoms with van der Waals surface area (Å²) in [4.78, 5) is 23.4. The smallest absolute Gasteiger partial charge is 0.409 e. The second-order valence-corrected chi connectivity index (χ2v) is 5.27. The molecule has 7 heteroatoms. The molecule has 0 saturated carbocycles. The fraction of sp³-hybridized carbons (Fsp3) is 0.818. The number of carboxylic acid groups (broad SMARTS) is 1. The van der Waals surface area contributed by atoms with E-state index < -0.39 is 30.1 Å². The lowest BCUT2D eigenvalue weighted by molar-refractivity contribution is 0.0289. The topological polar surface area (TPSA) is 78.9 Å². The van der Waals surface area contributed by atoms with E-state index in [0.29, 0.717) is 0 Å². The van der Waals surface area contributed by atoms with Crippen LogP contribution in [0, 0.1) is 0 Å². The molecular weight excluding hydrogens is 243 g/mol. The molecule has 1 heterocycles. The average molecular weight is 262 g/mol. The summed E-state index contributed by atoms with van der Waals surface area (Å²) in [5.74, 6) is 0. The summed E-state index contributed by atoms with van der Waals surface area (Å²) in [6, 6.07) is 0. The normalized spacial score (nSPS) is 24.6. The summed E-state index contributed by atoms with van der Waals surface area (Å²) in [6.45, 7) is 4.90.